The van der Waals surface area contributed by atoms with Crippen LogP contribution in [0.2, 0.25) is 0 Å². The molecule has 0 radical (unpaired) electrons. The van der Waals surface area contributed by atoms with Crippen LogP contribution in [-0.2, 0) is 14.3 Å². The Morgan fingerprint density at radius 1 is 1.43 bits per heavy atom. The number of hydrogen-bond donors (Lipinski definition) is 2. The van der Waals surface area contributed by atoms with E-state index in [2.05, 4.69) is 0 Å². The van der Waals surface area contributed by atoms with Gasteiger partial charge >= 0.3 is 5.97 Å². The first-order valence-corrected chi connectivity index (χ1v) is 7.61. The number of ether oxygens (including phenoxy) is 1. The molecule has 120 valence electrons. The van der Waals surface area contributed by atoms with Crippen molar-refractivity contribution < 1.29 is 19.4 Å². The Morgan fingerprint density at radius 3 is 2.52 bits per heavy atom. The number of esters is 1. The number of amides is 1. The van der Waals surface area contributed by atoms with Gasteiger partial charge in [-0.15, -0.1) is 0 Å². The number of likely N-dealkylation sites (tertiary alicyclic amines) is 1. The summed E-state index contributed by atoms with van der Waals surface area (Å²) in [5.41, 5.74) is 5.98. The second-order valence-corrected chi connectivity index (χ2v) is 6.95. The fourth-order valence-electron chi connectivity index (χ4n) is 3.20. The number of carbonyl (C=O) groups excluding carboxylic acids is 2. The Morgan fingerprint density at radius 2 is 2.05 bits per heavy atom. The molecule has 1 amide bonds. The van der Waals surface area contributed by atoms with Crippen LogP contribution in [0.1, 0.15) is 39.5 Å². The van der Waals surface area contributed by atoms with Gasteiger partial charge in [-0.1, -0.05) is 13.8 Å². The summed E-state index contributed by atoms with van der Waals surface area (Å²) < 4.78 is 4.79. The van der Waals surface area contributed by atoms with Gasteiger partial charge in [0.25, 0.3) is 5.91 Å². The summed E-state index contributed by atoms with van der Waals surface area (Å²) in [4.78, 5) is 25.9. The topological polar surface area (TPSA) is 92.9 Å². The molecule has 0 aromatic heterocycles. The lowest BCUT2D eigenvalue weighted by Crippen LogP contribution is -2.52. The van der Waals surface area contributed by atoms with Gasteiger partial charge in [-0.2, -0.15) is 0 Å². The number of aliphatic hydroxyl groups excluding tert-OH is 1. The average molecular weight is 298 g/mol. The highest BCUT2D eigenvalue weighted by Crippen LogP contribution is 2.55. The summed E-state index contributed by atoms with van der Waals surface area (Å²) in [5.74, 6) is -0.550. The lowest BCUT2D eigenvalue weighted by atomic mass is 9.99. The van der Waals surface area contributed by atoms with Crippen molar-refractivity contribution in [3.05, 3.63) is 0 Å². The van der Waals surface area contributed by atoms with E-state index in [4.69, 9.17) is 10.5 Å². The van der Waals surface area contributed by atoms with Crippen LogP contribution >= 0.6 is 0 Å². The van der Waals surface area contributed by atoms with Crippen molar-refractivity contribution in [2.75, 3.05) is 13.7 Å². The first kappa shape index (κ1) is 16.2. The van der Waals surface area contributed by atoms with Gasteiger partial charge < -0.3 is 20.5 Å². The van der Waals surface area contributed by atoms with E-state index in [1.807, 2.05) is 13.8 Å². The van der Waals surface area contributed by atoms with Gasteiger partial charge in [0, 0.05) is 12.6 Å². The minimum atomic E-state index is -1.26. The molecule has 3 N–H and O–H groups in total. The van der Waals surface area contributed by atoms with Crippen molar-refractivity contribution in [1.82, 2.24) is 4.90 Å². The Hall–Kier alpha value is -1.14. The van der Waals surface area contributed by atoms with Crippen LogP contribution in [0.25, 0.3) is 0 Å². The van der Waals surface area contributed by atoms with E-state index in [1.54, 1.807) is 0 Å². The summed E-state index contributed by atoms with van der Waals surface area (Å²) in [6, 6.07) is -1.18. The molecule has 0 unspecified atom stereocenters. The van der Waals surface area contributed by atoms with Crippen LogP contribution in [0.5, 0.6) is 0 Å². The molecule has 1 aliphatic carbocycles. The molecular formula is C15H26N2O4. The third-order valence-corrected chi connectivity index (χ3v) is 4.62. The molecule has 1 heterocycles. The summed E-state index contributed by atoms with van der Waals surface area (Å²) in [6.07, 6.45) is 2.00. The van der Waals surface area contributed by atoms with E-state index in [0.717, 1.165) is 12.8 Å². The minimum absolute atomic E-state index is 0.0659. The normalized spacial score (nSPS) is 26.0. The van der Waals surface area contributed by atoms with E-state index in [-0.39, 0.29) is 5.41 Å². The maximum absolute atomic E-state index is 12.5. The number of methoxy groups -OCH3 is 1. The summed E-state index contributed by atoms with van der Waals surface area (Å²) in [6.45, 7) is 4.50. The molecule has 1 saturated carbocycles. The highest BCUT2D eigenvalue weighted by Gasteiger charge is 2.56. The van der Waals surface area contributed by atoms with E-state index < -0.39 is 30.1 Å². The van der Waals surface area contributed by atoms with Crippen LogP contribution in [0.3, 0.4) is 0 Å². The molecule has 0 aromatic rings. The molecule has 1 saturated heterocycles. The molecule has 0 aromatic carbocycles. The largest absolute Gasteiger partial charge is 0.467 e. The number of aliphatic hydroxyl groups is 1. The van der Waals surface area contributed by atoms with Gasteiger partial charge in [-0.3, -0.25) is 4.79 Å². The van der Waals surface area contributed by atoms with Gasteiger partial charge in [0.1, 0.15) is 12.1 Å². The van der Waals surface area contributed by atoms with Gasteiger partial charge in [-0.25, -0.2) is 4.79 Å². The number of rotatable bonds is 5. The van der Waals surface area contributed by atoms with Crippen molar-refractivity contribution in [3.8, 4) is 0 Å². The zero-order valence-corrected chi connectivity index (χ0v) is 13.0. The monoisotopic (exact) mass is 298 g/mol. The third kappa shape index (κ3) is 3.37. The van der Waals surface area contributed by atoms with Crippen molar-refractivity contribution in [2.24, 2.45) is 17.1 Å². The summed E-state index contributed by atoms with van der Waals surface area (Å²) in [7, 11) is 1.32. The molecule has 1 spiro atoms. The van der Waals surface area contributed by atoms with Crippen LogP contribution in [-0.4, -0.2) is 53.7 Å². The second-order valence-electron chi connectivity index (χ2n) is 6.95. The van der Waals surface area contributed by atoms with E-state index in [0.29, 0.717) is 25.3 Å². The predicted octanol–water partition coefficient (Wildman–Crippen LogP) is 0.275. The molecule has 2 aliphatic rings. The number of nitrogens with zero attached hydrogens (tertiary/aromatic N) is 1. The molecule has 3 atom stereocenters. The van der Waals surface area contributed by atoms with Crippen molar-refractivity contribution in [1.29, 1.82) is 0 Å². The maximum Gasteiger partial charge on any atom is 0.328 e. The van der Waals surface area contributed by atoms with E-state index in [1.165, 1.54) is 12.0 Å². The maximum atomic E-state index is 12.5. The van der Waals surface area contributed by atoms with Crippen LogP contribution < -0.4 is 5.73 Å². The Balaban J connectivity index is 2.07. The quantitative estimate of drug-likeness (QED) is 0.711. The first-order valence-electron chi connectivity index (χ1n) is 7.61. The molecular weight excluding hydrogens is 272 g/mol. The molecule has 2 rings (SSSR count). The SMILES string of the molecule is COC(=O)[C@@H]1CC2(CC2)CN1C(=O)[C@@H](O)[C@H](N)CC(C)C. The standard InChI is InChI=1S/C15H26N2O4/c1-9(2)6-10(16)12(18)13(19)17-8-15(4-5-15)7-11(17)14(20)21-3/h9-12,18H,4-8,16H2,1-3H3/t10-,11+,12+/m1/s1. The lowest BCUT2D eigenvalue weighted by molar-refractivity contribution is -0.154. The van der Waals surface area contributed by atoms with Crippen molar-refractivity contribution in [3.63, 3.8) is 0 Å². The number of hydrogen-bond acceptors (Lipinski definition) is 5. The molecule has 6 heteroatoms. The van der Waals surface area contributed by atoms with Gasteiger partial charge in [0.2, 0.25) is 0 Å². The number of carbonyl (C=O) groups is 2. The van der Waals surface area contributed by atoms with Gasteiger partial charge in [0.05, 0.1) is 7.11 Å². The molecule has 2 fully saturated rings. The second kappa shape index (κ2) is 5.93. The van der Waals surface area contributed by atoms with Crippen molar-refractivity contribution >= 4 is 11.9 Å². The summed E-state index contributed by atoms with van der Waals surface area (Å²) in [5, 5.41) is 10.2. The van der Waals surface area contributed by atoms with Crippen LogP contribution in [0.15, 0.2) is 0 Å². The zero-order valence-electron chi connectivity index (χ0n) is 13.0. The molecule has 0 bridgehead atoms. The lowest BCUT2D eigenvalue weighted by Gasteiger charge is -2.28. The minimum Gasteiger partial charge on any atom is -0.467 e. The van der Waals surface area contributed by atoms with Crippen LogP contribution in [0, 0.1) is 11.3 Å². The highest BCUT2D eigenvalue weighted by atomic mass is 16.5. The smallest absolute Gasteiger partial charge is 0.328 e. The molecule has 21 heavy (non-hydrogen) atoms. The van der Waals surface area contributed by atoms with Crippen LogP contribution in [0.4, 0.5) is 0 Å². The molecule has 6 nitrogen and oxygen atoms in total. The Kier molecular flexibility index (Phi) is 4.58. The summed E-state index contributed by atoms with van der Waals surface area (Å²) >= 11 is 0. The fraction of sp³-hybridized carbons (Fsp3) is 0.867. The average Bonchev–Trinajstić information content (AvgIpc) is 3.07. The van der Waals surface area contributed by atoms with Gasteiger partial charge in [0.15, 0.2) is 0 Å². The van der Waals surface area contributed by atoms with E-state index >= 15 is 0 Å². The highest BCUT2D eigenvalue weighted by molar-refractivity contribution is 5.88. The predicted molar refractivity (Wildman–Crippen MR) is 77.2 cm³/mol. The van der Waals surface area contributed by atoms with Gasteiger partial charge in [-0.05, 0) is 37.0 Å². The fourth-order valence-corrected chi connectivity index (χ4v) is 3.20. The molecule has 1 aliphatic heterocycles. The zero-order chi connectivity index (χ0) is 15.8. The van der Waals surface area contributed by atoms with E-state index in [9.17, 15) is 14.7 Å². The van der Waals surface area contributed by atoms with Crippen molar-refractivity contribution in [2.45, 2.75) is 57.7 Å². The Bertz CT molecular complexity index is 420. The first-order chi connectivity index (χ1) is 9.79. The number of nitrogens with two attached hydrogens (primary N) is 1. The third-order valence-electron chi connectivity index (χ3n) is 4.62. The Labute approximate surface area is 125 Å².